The largest absolute Gasteiger partial charge is 0.463 e. The highest BCUT2D eigenvalue weighted by Crippen LogP contribution is 2.38. The van der Waals surface area contributed by atoms with Gasteiger partial charge in [0.05, 0.1) is 18.9 Å². The molecule has 6 heteroatoms. The molecule has 0 aromatic carbocycles. The van der Waals surface area contributed by atoms with Crippen molar-refractivity contribution in [1.82, 2.24) is 4.98 Å². The van der Waals surface area contributed by atoms with Gasteiger partial charge in [-0.05, 0) is 18.0 Å². The molecule has 0 amide bonds. The minimum Gasteiger partial charge on any atom is -0.463 e. The minimum absolute atomic E-state index is 0.118. The number of furan rings is 1. The van der Waals surface area contributed by atoms with Gasteiger partial charge in [-0.25, -0.2) is 4.79 Å². The molecule has 0 aliphatic rings. The highest BCUT2D eigenvalue weighted by molar-refractivity contribution is 6.24. The van der Waals surface area contributed by atoms with Crippen molar-refractivity contribution in [2.75, 3.05) is 7.11 Å². The molecule has 0 aliphatic carbocycles. The normalized spacial score (nSPS) is 13.4. The molecular formula is C15H19NO4Si. The van der Waals surface area contributed by atoms with Crippen molar-refractivity contribution < 1.29 is 18.4 Å². The van der Waals surface area contributed by atoms with Crippen LogP contribution >= 0.6 is 0 Å². The van der Waals surface area contributed by atoms with E-state index in [1.54, 1.807) is 18.3 Å². The van der Waals surface area contributed by atoms with Gasteiger partial charge in [0.2, 0.25) is 15.5 Å². The topological polar surface area (TPSA) is 61.6 Å². The number of nitrogens with zero attached hydrogens (tertiary/aromatic N) is 1. The Morgan fingerprint density at radius 2 is 2.14 bits per heavy atom. The Bertz CT molecular complexity index is 645. The van der Waals surface area contributed by atoms with Gasteiger partial charge in [-0.1, -0.05) is 20.8 Å². The monoisotopic (exact) mass is 305 g/mol. The van der Waals surface area contributed by atoms with Crippen molar-refractivity contribution in [3.05, 3.63) is 29.8 Å². The molecule has 112 valence electrons. The van der Waals surface area contributed by atoms with Crippen molar-refractivity contribution in [2.45, 2.75) is 33.4 Å². The lowest BCUT2D eigenvalue weighted by molar-refractivity contribution is 0.0567. The van der Waals surface area contributed by atoms with Crippen LogP contribution in [0.5, 0.6) is 0 Å². The van der Waals surface area contributed by atoms with Crippen molar-refractivity contribution >= 4 is 26.7 Å². The molecule has 0 spiro atoms. The second-order valence-electron chi connectivity index (χ2n) is 5.78. The van der Waals surface area contributed by atoms with Gasteiger partial charge in [-0.15, -0.1) is 0 Å². The molecule has 2 aromatic rings. The van der Waals surface area contributed by atoms with Crippen molar-refractivity contribution in [3.63, 3.8) is 0 Å². The zero-order valence-electron chi connectivity index (χ0n) is 12.9. The molecule has 0 bridgehead atoms. The van der Waals surface area contributed by atoms with Crippen LogP contribution in [0.25, 0.3) is 11.0 Å². The first-order valence-corrected chi connectivity index (χ1v) is 8.08. The fourth-order valence-corrected chi connectivity index (χ4v) is 2.86. The van der Waals surface area contributed by atoms with Crippen molar-refractivity contribution in [2.24, 2.45) is 5.41 Å². The van der Waals surface area contributed by atoms with Crippen LogP contribution in [0.4, 0.5) is 0 Å². The second-order valence-corrected chi connectivity index (χ2v) is 6.42. The molecule has 21 heavy (non-hydrogen) atoms. The van der Waals surface area contributed by atoms with E-state index in [9.17, 15) is 4.79 Å². The van der Waals surface area contributed by atoms with Crippen LogP contribution in [0.2, 0.25) is 6.55 Å². The van der Waals surface area contributed by atoms with Crippen LogP contribution in [0.15, 0.2) is 22.7 Å². The van der Waals surface area contributed by atoms with Gasteiger partial charge >= 0.3 is 5.97 Å². The van der Waals surface area contributed by atoms with Crippen LogP contribution in [-0.4, -0.2) is 27.8 Å². The quantitative estimate of drug-likeness (QED) is 0.640. The Morgan fingerprint density at radius 3 is 2.71 bits per heavy atom. The summed E-state index contributed by atoms with van der Waals surface area (Å²) in [7, 11) is 1.68. The highest BCUT2D eigenvalue weighted by atomic mass is 28.2. The van der Waals surface area contributed by atoms with E-state index < -0.39 is 5.97 Å². The number of methoxy groups -OCH3 is 1. The number of pyridine rings is 1. The van der Waals surface area contributed by atoms with E-state index in [4.69, 9.17) is 13.6 Å². The predicted molar refractivity (Wildman–Crippen MR) is 80.2 cm³/mol. The predicted octanol–water partition coefficient (Wildman–Crippen LogP) is 3.39. The van der Waals surface area contributed by atoms with E-state index in [0.717, 1.165) is 11.1 Å². The molecular weight excluding hydrogens is 286 g/mol. The van der Waals surface area contributed by atoms with Gasteiger partial charge in [0.25, 0.3) is 0 Å². The van der Waals surface area contributed by atoms with E-state index >= 15 is 0 Å². The molecule has 1 atom stereocenters. The maximum atomic E-state index is 11.6. The summed E-state index contributed by atoms with van der Waals surface area (Å²) in [6.07, 6.45) is 1.50. The highest BCUT2D eigenvalue weighted by Gasteiger charge is 2.30. The number of hydrogen-bond acceptors (Lipinski definition) is 5. The fourth-order valence-electron chi connectivity index (χ4n) is 2.15. The Morgan fingerprint density at radius 1 is 1.43 bits per heavy atom. The van der Waals surface area contributed by atoms with Crippen molar-refractivity contribution in [1.29, 1.82) is 0 Å². The molecule has 0 fully saturated rings. The van der Waals surface area contributed by atoms with Gasteiger partial charge in [0.15, 0.2) is 0 Å². The number of carbonyl (C=O) groups excluding carboxylic acids is 1. The van der Waals surface area contributed by atoms with Crippen molar-refractivity contribution in [3.8, 4) is 0 Å². The summed E-state index contributed by atoms with van der Waals surface area (Å²) in [6, 6.07) is 3.41. The Kier molecular flexibility index (Phi) is 4.48. The smallest absolute Gasteiger partial charge is 0.373 e. The average Bonchev–Trinajstić information content (AvgIpc) is 2.86. The third-order valence-corrected chi connectivity index (χ3v) is 3.60. The summed E-state index contributed by atoms with van der Waals surface area (Å²) < 4.78 is 16.1. The number of ether oxygens (including phenoxy) is 1. The van der Waals surface area contributed by atoms with Gasteiger partial charge in [-0.2, -0.15) is 0 Å². The number of aromatic nitrogens is 1. The molecule has 5 nitrogen and oxygen atoms in total. The third kappa shape index (κ3) is 3.16. The van der Waals surface area contributed by atoms with Crippen LogP contribution < -0.4 is 0 Å². The second kappa shape index (κ2) is 5.99. The van der Waals surface area contributed by atoms with Crippen LogP contribution in [-0.2, 0) is 9.16 Å². The van der Waals surface area contributed by atoms with E-state index in [1.165, 1.54) is 7.11 Å². The number of esters is 1. The molecule has 2 rings (SSSR count). The summed E-state index contributed by atoms with van der Waals surface area (Å²) in [6.45, 7) is 8.27. The first-order valence-electron chi connectivity index (χ1n) is 6.67. The van der Waals surface area contributed by atoms with Gasteiger partial charge < -0.3 is 13.6 Å². The molecule has 0 saturated heterocycles. The number of hydrogen-bond donors (Lipinski definition) is 0. The maximum Gasteiger partial charge on any atom is 0.373 e. The van der Waals surface area contributed by atoms with Crippen LogP contribution in [0.1, 0.15) is 43.1 Å². The molecule has 2 radical (unpaired) electrons. The standard InChI is InChI=1S/C15H19NO4Si/c1-15(2,3)13(20-21-5)12-9-8-11(14(17)18-4)19-10(9)6-7-16-12/h6-8,13H,1-5H3. The number of rotatable bonds is 4. The van der Waals surface area contributed by atoms with Gasteiger partial charge in [-0.3, -0.25) is 4.98 Å². The fraction of sp³-hybridized carbons (Fsp3) is 0.467. The first kappa shape index (κ1) is 15.7. The summed E-state index contributed by atoms with van der Waals surface area (Å²) >= 11 is 0. The van der Waals surface area contributed by atoms with E-state index in [-0.39, 0.29) is 17.3 Å². The average molecular weight is 305 g/mol. The lowest BCUT2D eigenvalue weighted by Crippen LogP contribution is -2.23. The van der Waals surface area contributed by atoms with Gasteiger partial charge in [0, 0.05) is 17.6 Å². The maximum absolute atomic E-state index is 11.6. The zero-order valence-corrected chi connectivity index (χ0v) is 13.9. The molecule has 2 aromatic heterocycles. The Hall–Kier alpha value is -1.66. The summed E-state index contributed by atoms with van der Waals surface area (Å²) in [5.74, 6) is -0.323. The lowest BCUT2D eigenvalue weighted by atomic mass is 9.86. The molecule has 0 aliphatic heterocycles. The lowest BCUT2D eigenvalue weighted by Gasteiger charge is -2.30. The van der Waals surface area contributed by atoms with E-state index in [1.807, 2.05) is 6.55 Å². The van der Waals surface area contributed by atoms with Crippen LogP contribution in [0, 0.1) is 5.41 Å². The third-order valence-electron chi connectivity index (χ3n) is 3.13. The minimum atomic E-state index is -0.497. The number of fused-ring (bicyclic) bond motifs is 1. The zero-order chi connectivity index (χ0) is 15.6. The summed E-state index contributed by atoms with van der Waals surface area (Å²) in [4.78, 5) is 16.1. The first-order chi connectivity index (χ1) is 9.88. The molecule has 1 unspecified atom stereocenters. The number of carbonyl (C=O) groups is 1. The summed E-state index contributed by atoms with van der Waals surface area (Å²) in [5.41, 5.74) is 1.28. The Labute approximate surface area is 126 Å². The van der Waals surface area contributed by atoms with E-state index in [2.05, 4.69) is 25.8 Å². The van der Waals surface area contributed by atoms with Crippen LogP contribution in [0.3, 0.4) is 0 Å². The van der Waals surface area contributed by atoms with E-state index in [0.29, 0.717) is 15.3 Å². The van der Waals surface area contributed by atoms with Gasteiger partial charge in [0.1, 0.15) is 5.58 Å². The summed E-state index contributed by atoms with van der Waals surface area (Å²) in [5, 5.41) is 0.788. The molecule has 2 heterocycles. The molecule has 0 N–H and O–H groups in total. The molecule has 0 saturated carbocycles. The Balaban J connectivity index is 2.57. The SMILES string of the molecule is COC(=O)c1cc2c(C(O[Si]C)C(C)(C)C)nccc2o1.